The van der Waals surface area contributed by atoms with E-state index in [4.69, 9.17) is 9.47 Å². The fraction of sp³-hybridized carbons (Fsp3) is 1.00. The molecule has 5 nitrogen and oxygen atoms in total. The van der Waals surface area contributed by atoms with E-state index < -0.39 is 8.25 Å². The molecule has 0 aromatic carbocycles. The summed E-state index contributed by atoms with van der Waals surface area (Å²) in [4.78, 5) is 0. The second kappa shape index (κ2) is 9.03. The van der Waals surface area contributed by atoms with Crippen molar-refractivity contribution in [2.24, 2.45) is 0 Å². The Morgan fingerprint density at radius 3 is 1.75 bits per heavy atom. The average molecular weight is 197 g/mol. The fourth-order valence-electron chi connectivity index (χ4n) is 0.365. The number of ether oxygens (including phenoxy) is 2. The first-order valence-corrected chi connectivity index (χ1v) is 4.79. The summed E-state index contributed by atoms with van der Waals surface area (Å²) in [5.41, 5.74) is 0. The summed E-state index contributed by atoms with van der Waals surface area (Å²) in [5, 5.41) is 0. The van der Waals surface area contributed by atoms with Crippen LogP contribution in [0.15, 0.2) is 0 Å². The van der Waals surface area contributed by atoms with Gasteiger partial charge < -0.3 is 9.47 Å². The molecule has 0 heterocycles. The Kier molecular flexibility index (Phi) is 8.99. The van der Waals surface area contributed by atoms with Crippen molar-refractivity contribution in [2.75, 3.05) is 26.8 Å². The predicted molar refractivity (Wildman–Crippen MR) is 42.8 cm³/mol. The normalized spacial score (nSPS) is 10.2. The highest BCUT2D eigenvalue weighted by molar-refractivity contribution is 7.33. The van der Waals surface area contributed by atoms with Crippen molar-refractivity contribution in [3.05, 3.63) is 0 Å². The lowest BCUT2D eigenvalue weighted by Gasteiger charge is -1.93. The first-order valence-electron chi connectivity index (χ1n) is 3.69. The van der Waals surface area contributed by atoms with Crippen molar-refractivity contribution >= 4 is 8.25 Å². The Morgan fingerprint density at radius 2 is 1.42 bits per heavy atom. The first-order chi connectivity index (χ1) is 5.81. The van der Waals surface area contributed by atoms with E-state index >= 15 is 0 Å². The molecule has 72 valence electrons. The summed E-state index contributed by atoms with van der Waals surface area (Å²) in [5.74, 6) is 0. The third-order valence-electron chi connectivity index (χ3n) is 0.891. The molecule has 0 aliphatic heterocycles. The highest BCUT2D eigenvalue weighted by Gasteiger charge is 2.19. The van der Waals surface area contributed by atoms with Gasteiger partial charge in [0, 0.05) is 17.8 Å². The molecule has 12 heavy (non-hydrogen) atoms. The van der Waals surface area contributed by atoms with Gasteiger partial charge in [0.15, 0.2) is 0 Å². The van der Waals surface area contributed by atoms with Gasteiger partial charge >= 0.3 is 8.25 Å². The van der Waals surface area contributed by atoms with Gasteiger partial charge in [0.1, 0.15) is 0 Å². The van der Waals surface area contributed by atoms with E-state index in [9.17, 15) is 4.57 Å². The van der Waals surface area contributed by atoms with Crippen LogP contribution in [0.3, 0.4) is 0 Å². The SMILES string of the molecule is CCOCO[P+](=O)OCOCC. The molecule has 0 aliphatic rings. The lowest BCUT2D eigenvalue weighted by molar-refractivity contribution is -0.0120. The van der Waals surface area contributed by atoms with Gasteiger partial charge in [-0.15, -0.1) is 0 Å². The minimum absolute atomic E-state index is 0.0160. The number of hydrogen-bond acceptors (Lipinski definition) is 5. The molecule has 0 rings (SSSR count). The molecule has 0 spiro atoms. The summed E-state index contributed by atoms with van der Waals surface area (Å²) in [6.45, 7) is 4.65. The summed E-state index contributed by atoms with van der Waals surface area (Å²) in [6.07, 6.45) is 0. The van der Waals surface area contributed by atoms with Crippen molar-refractivity contribution in [1.82, 2.24) is 0 Å². The minimum Gasteiger partial charge on any atom is -0.351 e. The third kappa shape index (κ3) is 8.04. The molecule has 0 aliphatic carbocycles. The highest BCUT2D eigenvalue weighted by Crippen LogP contribution is 2.22. The summed E-state index contributed by atoms with van der Waals surface area (Å²) < 4.78 is 29.5. The monoisotopic (exact) mass is 197 g/mol. The highest BCUT2D eigenvalue weighted by atomic mass is 31.1. The van der Waals surface area contributed by atoms with Crippen LogP contribution in [0.2, 0.25) is 0 Å². The third-order valence-corrected chi connectivity index (χ3v) is 1.52. The van der Waals surface area contributed by atoms with E-state index in [0.717, 1.165) is 0 Å². The van der Waals surface area contributed by atoms with Gasteiger partial charge in [0.25, 0.3) is 0 Å². The molecule has 0 atom stereocenters. The molecule has 0 radical (unpaired) electrons. The van der Waals surface area contributed by atoms with E-state index in [1.807, 2.05) is 13.8 Å². The molecular weight excluding hydrogens is 183 g/mol. The Labute approximate surface area is 72.9 Å². The maximum absolute atomic E-state index is 10.7. The second-order valence-corrected chi connectivity index (χ2v) is 2.67. The van der Waals surface area contributed by atoms with Gasteiger partial charge in [-0.1, -0.05) is 9.05 Å². The Hall–Kier alpha value is -0.0600. The molecule has 0 aromatic heterocycles. The molecular formula is C6H14O5P+. The largest absolute Gasteiger partial charge is 0.702 e. The zero-order valence-corrected chi connectivity index (χ0v) is 8.21. The molecule has 0 amide bonds. The molecule has 6 heteroatoms. The molecule has 0 saturated heterocycles. The van der Waals surface area contributed by atoms with Gasteiger partial charge in [0.05, 0.1) is 0 Å². The maximum atomic E-state index is 10.7. The van der Waals surface area contributed by atoms with E-state index in [0.29, 0.717) is 13.2 Å². The van der Waals surface area contributed by atoms with Crippen molar-refractivity contribution in [3.8, 4) is 0 Å². The minimum atomic E-state index is -2.10. The van der Waals surface area contributed by atoms with Crippen molar-refractivity contribution in [2.45, 2.75) is 13.8 Å². The van der Waals surface area contributed by atoms with Crippen LogP contribution in [0.25, 0.3) is 0 Å². The van der Waals surface area contributed by atoms with E-state index in [1.54, 1.807) is 0 Å². The smallest absolute Gasteiger partial charge is 0.351 e. The van der Waals surface area contributed by atoms with Crippen LogP contribution < -0.4 is 0 Å². The van der Waals surface area contributed by atoms with Gasteiger partial charge in [-0.25, -0.2) is 0 Å². The molecule has 0 fully saturated rings. The van der Waals surface area contributed by atoms with Crippen molar-refractivity contribution in [3.63, 3.8) is 0 Å². The van der Waals surface area contributed by atoms with Crippen LogP contribution in [0, 0.1) is 0 Å². The summed E-state index contributed by atoms with van der Waals surface area (Å²) in [7, 11) is -2.10. The lowest BCUT2D eigenvalue weighted by atomic mass is 10.9. The lowest BCUT2D eigenvalue weighted by Crippen LogP contribution is -1.97. The molecule has 0 aromatic rings. The fourth-order valence-corrected chi connectivity index (χ4v) is 0.760. The Bertz CT molecular complexity index is 107. The molecule has 0 unspecified atom stereocenters. The van der Waals surface area contributed by atoms with Crippen LogP contribution in [-0.2, 0) is 23.1 Å². The number of rotatable bonds is 8. The van der Waals surface area contributed by atoms with E-state index in [2.05, 4.69) is 9.05 Å². The van der Waals surface area contributed by atoms with Crippen LogP contribution in [-0.4, -0.2) is 26.8 Å². The topological polar surface area (TPSA) is 54.0 Å². The summed E-state index contributed by atoms with van der Waals surface area (Å²) >= 11 is 0. The van der Waals surface area contributed by atoms with Crippen LogP contribution in [0.1, 0.15) is 13.8 Å². The first kappa shape index (κ1) is 11.9. The molecule has 0 N–H and O–H groups in total. The van der Waals surface area contributed by atoms with Gasteiger partial charge in [-0.05, 0) is 13.8 Å². The molecule has 0 bridgehead atoms. The van der Waals surface area contributed by atoms with Gasteiger partial charge in [-0.2, -0.15) is 0 Å². The zero-order valence-electron chi connectivity index (χ0n) is 7.32. The molecule has 0 saturated carbocycles. The summed E-state index contributed by atoms with van der Waals surface area (Å²) in [6, 6.07) is 0. The van der Waals surface area contributed by atoms with Crippen molar-refractivity contribution < 1.29 is 23.1 Å². The average Bonchev–Trinajstić information content (AvgIpc) is 2.06. The van der Waals surface area contributed by atoms with Crippen molar-refractivity contribution in [1.29, 1.82) is 0 Å². The van der Waals surface area contributed by atoms with E-state index in [1.165, 1.54) is 0 Å². The Balaban J connectivity index is 3.10. The number of hydrogen-bond donors (Lipinski definition) is 0. The van der Waals surface area contributed by atoms with Gasteiger partial charge in [0.2, 0.25) is 13.6 Å². The zero-order chi connectivity index (χ0) is 9.23. The van der Waals surface area contributed by atoms with Crippen LogP contribution in [0.4, 0.5) is 0 Å². The van der Waals surface area contributed by atoms with Gasteiger partial charge in [-0.3, -0.25) is 0 Å². The van der Waals surface area contributed by atoms with Crippen LogP contribution >= 0.6 is 8.25 Å². The second-order valence-electron chi connectivity index (χ2n) is 1.70. The van der Waals surface area contributed by atoms with E-state index in [-0.39, 0.29) is 13.6 Å². The standard InChI is InChI=1S/C6H14O5P/c1-3-8-5-10-12(7)11-6-9-4-2/h3-6H2,1-2H3/q+1. The quantitative estimate of drug-likeness (QED) is 0.336. The Morgan fingerprint density at radius 1 is 1.00 bits per heavy atom. The predicted octanol–water partition coefficient (Wildman–Crippen LogP) is 1.67. The van der Waals surface area contributed by atoms with Crippen LogP contribution in [0.5, 0.6) is 0 Å². The maximum Gasteiger partial charge on any atom is 0.702 e.